The number of ketones is 1. The highest BCUT2D eigenvalue weighted by atomic mass is 16.6. The van der Waals surface area contributed by atoms with Gasteiger partial charge in [0.25, 0.3) is 5.91 Å². The Kier molecular flexibility index (Phi) is 11.3. The van der Waals surface area contributed by atoms with Gasteiger partial charge in [-0.25, -0.2) is 4.98 Å². The van der Waals surface area contributed by atoms with Gasteiger partial charge in [0.1, 0.15) is 5.76 Å². The molecule has 0 saturated carbocycles. The molecule has 1 unspecified atom stereocenters. The van der Waals surface area contributed by atoms with Gasteiger partial charge >= 0.3 is 5.97 Å². The number of esters is 1. The molecule has 7 rings (SSSR count). The molecule has 2 aliphatic heterocycles. The first-order chi connectivity index (χ1) is 27.2. The van der Waals surface area contributed by atoms with Crippen LogP contribution in [0.1, 0.15) is 64.9 Å². The van der Waals surface area contributed by atoms with E-state index in [-0.39, 0.29) is 40.3 Å². The Balaban J connectivity index is 1.08. The number of benzene rings is 3. The van der Waals surface area contributed by atoms with Crippen molar-refractivity contribution in [1.82, 2.24) is 19.4 Å². The number of ether oxygens (including phenoxy) is 5. The van der Waals surface area contributed by atoms with E-state index in [2.05, 4.69) is 11.0 Å². The molecule has 1 atom stereocenters. The van der Waals surface area contributed by atoms with Crippen molar-refractivity contribution in [3.05, 3.63) is 95.7 Å². The van der Waals surface area contributed by atoms with E-state index in [9.17, 15) is 14.4 Å². The Morgan fingerprint density at radius 1 is 0.839 bits per heavy atom. The van der Waals surface area contributed by atoms with Crippen molar-refractivity contribution in [2.45, 2.75) is 44.6 Å². The van der Waals surface area contributed by atoms with E-state index in [0.29, 0.717) is 42.5 Å². The number of piperidine rings is 1. The molecule has 13 heteroatoms. The van der Waals surface area contributed by atoms with E-state index >= 15 is 0 Å². The Labute approximate surface area is 326 Å². The second-order valence-electron chi connectivity index (χ2n) is 14.5. The van der Waals surface area contributed by atoms with E-state index in [1.54, 1.807) is 32.6 Å². The number of amides is 1. The molecule has 2 fully saturated rings. The van der Waals surface area contributed by atoms with Gasteiger partial charge in [0.15, 0.2) is 28.8 Å². The summed E-state index contributed by atoms with van der Waals surface area (Å²) in [5.41, 5.74) is 2.74. The highest BCUT2D eigenvalue weighted by Gasteiger charge is 2.43. The number of likely N-dealkylation sites (tertiary alicyclic amines) is 2. The molecule has 1 amide bonds. The fourth-order valence-corrected chi connectivity index (χ4v) is 8.18. The van der Waals surface area contributed by atoms with Crippen molar-refractivity contribution in [3.63, 3.8) is 0 Å². The predicted octanol–water partition coefficient (Wildman–Crippen LogP) is 6.41. The Hall–Kier alpha value is -5.82. The minimum absolute atomic E-state index is 0.0632. The van der Waals surface area contributed by atoms with Crippen LogP contribution in [0.2, 0.25) is 0 Å². The number of carbonyl (C=O) groups excluding carboxylic acids is 3. The van der Waals surface area contributed by atoms with Crippen LogP contribution in [0, 0.1) is 5.92 Å². The molecule has 3 aromatic carbocycles. The first-order valence-electron chi connectivity index (χ1n) is 18.9. The maximum Gasteiger partial charge on any atom is 0.308 e. The fourth-order valence-electron chi connectivity index (χ4n) is 8.18. The van der Waals surface area contributed by atoms with Crippen molar-refractivity contribution in [1.29, 1.82) is 0 Å². The molecule has 13 nitrogen and oxygen atoms in total. The lowest BCUT2D eigenvalue weighted by atomic mass is 9.76. The highest BCUT2D eigenvalue weighted by molar-refractivity contribution is 5.98. The molecule has 0 bridgehead atoms. The summed E-state index contributed by atoms with van der Waals surface area (Å²) in [6.45, 7) is 5.05. The van der Waals surface area contributed by atoms with Gasteiger partial charge < -0.3 is 42.5 Å². The highest BCUT2D eigenvalue weighted by Crippen LogP contribution is 2.44. The average Bonchev–Trinajstić information content (AvgIpc) is 4.00. The van der Waals surface area contributed by atoms with Crippen LogP contribution < -0.4 is 23.7 Å². The molecule has 0 radical (unpaired) electrons. The topological polar surface area (TPSA) is 135 Å². The van der Waals surface area contributed by atoms with Gasteiger partial charge in [0.2, 0.25) is 11.5 Å². The summed E-state index contributed by atoms with van der Waals surface area (Å²) < 4.78 is 35.2. The number of furan rings is 1. The van der Waals surface area contributed by atoms with Crippen LogP contribution in [0.5, 0.6) is 28.7 Å². The minimum Gasteiger partial charge on any atom is -0.493 e. The van der Waals surface area contributed by atoms with Crippen LogP contribution in [0.4, 0.5) is 0 Å². The molecule has 56 heavy (non-hydrogen) atoms. The minimum atomic E-state index is -0.530. The second-order valence-corrected chi connectivity index (χ2v) is 14.5. The molecule has 4 heterocycles. The summed E-state index contributed by atoms with van der Waals surface area (Å²) in [4.78, 5) is 49.1. The van der Waals surface area contributed by atoms with Crippen LogP contribution in [-0.2, 0) is 16.8 Å². The summed E-state index contributed by atoms with van der Waals surface area (Å²) in [5, 5.41) is 0. The lowest BCUT2D eigenvalue weighted by Crippen LogP contribution is -2.41. The summed E-state index contributed by atoms with van der Waals surface area (Å²) in [6.07, 6.45) is 4.60. The first-order valence-corrected chi connectivity index (χ1v) is 18.9. The van der Waals surface area contributed by atoms with Gasteiger partial charge in [-0.2, -0.15) is 0 Å². The number of methoxy groups -OCH3 is 4. The van der Waals surface area contributed by atoms with E-state index < -0.39 is 5.97 Å². The van der Waals surface area contributed by atoms with Crippen LogP contribution in [0.15, 0.2) is 77.4 Å². The summed E-state index contributed by atoms with van der Waals surface area (Å²) in [7, 11) is 6.13. The van der Waals surface area contributed by atoms with Gasteiger partial charge in [-0.05, 0) is 99.4 Å². The zero-order chi connectivity index (χ0) is 39.4. The molecule has 2 aliphatic rings. The standard InChI is InChI=1S/C43H48N4O9/c1-28(48)56-40-37(53-4)23-30(24-38(40)54-5)42(50)46-21-17-43(27-46,31-12-13-35(51-2)36(25-31)52-3)16-20-45-18-14-29(15-19-45)39(49)41-44-33-10-6-7-11-34(33)47(41)26-32-9-8-22-55-32/h6-13,22-25,29H,14-21,26-27H2,1-5H3. The Morgan fingerprint density at radius 2 is 1.55 bits per heavy atom. The molecule has 0 spiro atoms. The third-order valence-electron chi connectivity index (χ3n) is 11.2. The molecule has 5 aromatic rings. The Bertz CT molecular complexity index is 2180. The van der Waals surface area contributed by atoms with Crippen molar-refractivity contribution >= 4 is 28.7 Å². The van der Waals surface area contributed by atoms with Gasteiger partial charge in [0, 0.05) is 36.9 Å². The fraction of sp³-hybridized carbons (Fsp3) is 0.395. The van der Waals surface area contributed by atoms with Crippen molar-refractivity contribution in [2.24, 2.45) is 5.92 Å². The third-order valence-corrected chi connectivity index (χ3v) is 11.2. The molecule has 2 saturated heterocycles. The number of aromatic nitrogens is 2. The van der Waals surface area contributed by atoms with Crippen molar-refractivity contribution < 1.29 is 42.5 Å². The number of imidazole rings is 1. The van der Waals surface area contributed by atoms with E-state index in [4.69, 9.17) is 33.1 Å². The summed E-state index contributed by atoms with van der Waals surface area (Å²) in [5.74, 6) is 2.29. The number of hydrogen-bond acceptors (Lipinski definition) is 11. The molecule has 0 N–H and O–H groups in total. The summed E-state index contributed by atoms with van der Waals surface area (Å²) in [6, 6.07) is 20.8. The molecular formula is C43H48N4O9. The lowest BCUT2D eigenvalue weighted by molar-refractivity contribution is -0.132. The normalized spacial score (nSPS) is 17.6. The maximum absolute atomic E-state index is 14.2. The molecule has 2 aromatic heterocycles. The number of hydrogen-bond donors (Lipinski definition) is 0. The number of nitrogens with zero attached hydrogens (tertiary/aromatic N) is 4. The third kappa shape index (κ3) is 7.68. The monoisotopic (exact) mass is 764 g/mol. The van der Waals surface area contributed by atoms with E-state index in [1.807, 2.05) is 58.0 Å². The second kappa shape index (κ2) is 16.5. The van der Waals surface area contributed by atoms with Gasteiger partial charge in [-0.15, -0.1) is 0 Å². The van der Waals surface area contributed by atoms with E-state index in [0.717, 1.165) is 67.7 Å². The number of carbonyl (C=O) groups is 3. The largest absolute Gasteiger partial charge is 0.493 e. The molecule has 0 aliphatic carbocycles. The van der Waals surface area contributed by atoms with Gasteiger partial charge in [0.05, 0.1) is 52.3 Å². The van der Waals surface area contributed by atoms with Gasteiger partial charge in [-0.3, -0.25) is 14.4 Å². The van der Waals surface area contributed by atoms with Crippen LogP contribution in [0.25, 0.3) is 11.0 Å². The number of para-hydroxylation sites is 2. The quantitative estimate of drug-likeness (QED) is 0.0706. The van der Waals surface area contributed by atoms with Gasteiger partial charge in [-0.1, -0.05) is 18.2 Å². The number of rotatable bonds is 14. The lowest BCUT2D eigenvalue weighted by Gasteiger charge is -2.36. The molecule has 294 valence electrons. The smallest absolute Gasteiger partial charge is 0.308 e. The van der Waals surface area contributed by atoms with Crippen LogP contribution >= 0.6 is 0 Å². The number of Topliss-reactive ketones (excluding diaryl/α,β-unsaturated/α-hetero) is 1. The zero-order valence-electron chi connectivity index (χ0n) is 32.5. The molecular weight excluding hydrogens is 716 g/mol. The summed E-state index contributed by atoms with van der Waals surface area (Å²) >= 11 is 0. The first kappa shape index (κ1) is 38.5. The maximum atomic E-state index is 14.2. The van der Waals surface area contributed by atoms with Crippen LogP contribution in [0.3, 0.4) is 0 Å². The SMILES string of the molecule is COc1ccc(C2(CCN3CCC(C(=O)c4nc5ccccc5n4Cc4ccco4)CC3)CCN(C(=O)c3cc(OC)c(OC(C)=O)c(OC)c3)C2)cc1OC. The van der Waals surface area contributed by atoms with Crippen molar-refractivity contribution in [2.75, 3.05) is 61.2 Å². The average molecular weight is 765 g/mol. The van der Waals surface area contributed by atoms with Crippen LogP contribution in [-0.4, -0.2) is 98.2 Å². The predicted molar refractivity (Wildman–Crippen MR) is 208 cm³/mol. The van der Waals surface area contributed by atoms with E-state index in [1.165, 1.54) is 21.1 Å². The zero-order valence-corrected chi connectivity index (χ0v) is 32.5. The number of fused-ring (bicyclic) bond motifs is 1. The van der Waals surface area contributed by atoms with Crippen molar-refractivity contribution in [3.8, 4) is 28.7 Å². The Morgan fingerprint density at radius 3 is 2.21 bits per heavy atom.